The molecule has 0 radical (unpaired) electrons. The highest BCUT2D eigenvalue weighted by molar-refractivity contribution is 5.84. The van der Waals surface area contributed by atoms with E-state index in [2.05, 4.69) is 5.32 Å². The monoisotopic (exact) mass is 279 g/mol. The second kappa shape index (κ2) is 6.13. The molecule has 1 fully saturated rings. The van der Waals surface area contributed by atoms with Crippen LogP contribution in [-0.4, -0.2) is 38.4 Å². The third-order valence-corrected chi connectivity index (χ3v) is 3.60. The summed E-state index contributed by atoms with van der Waals surface area (Å²) in [4.78, 5) is 12.2. The molecule has 5 nitrogen and oxygen atoms in total. The quantitative estimate of drug-likeness (QED) is 0.856. The lowest BCUT2D eigenvalue weighted by Crippen LogP contribution is -2.53. The van der Waals surface area contributed by atoms with Crippen molar-refractivity contribution >= 4 is 11.7 Å². The molecule has 0 amide bonds. The average molecular weight is 279 g/mol. The fourth-order valence-electron chi connectivity index (χ4n) is 2.61. The van der Waals surface area contributed by atoms with E-state index in [0.717, 1.165) is 11.4 Å². The van der Waals surface area contributed by atoms with E-state index in [0.29, 0.717) is 19.4 Å². The molecule has 5 heteroatoms. The Morgan fingerprint density at radius 3 is 2.90 bits per heavy atom. The molecule has 110 valence electrons. The maximum Gasteiger partial charge on any atom is 0.331 e. The van der Waals surface area contributed by atoms with Gasteiger partial charge in [-0.25, -0.2) is 4.79 Å². The Morgan fingerprint density at radius 1 is 1.45 bits per heavy atom. The van der Waals surface area contributed by atoms with Crippen molar-refractivity contribution in [3.63, 3.8) is 0 Å². The first-order chi connectivity index (χ1) is 9.59. The van der Waals surface area contributed by atoms with Crippen molar-refractivity contribution in [2.45, 2.75) is 31.4 Å². The van der Waals surface area contributed by atoms with Gasteiger partial charge in [0, 0.05) is 31.2 Å². The standard InChI is InChI=1S/C15H21NO4/c1-11-10-15(7-8-20-11,14(17)19-3)16-12-5-4-6-13(9-12)18-2/h4-6,9,11,16H,7-8,10H2,1-3H3. The van der Waals surface area contributed by atoms with Crippen LogP contribution in [0.25, 0.3) is 0 Å². The summed E-state index contributed by atoms with van der Waals surface area (Å²) in [5.41, 5.74) is 0.0996. The zero-order chi connectivity index (χ0) is 14.6. The Hall–Kier alpha value is -1.75. The number of esters is 1. The van der Waals surface area contributed by atoms with Crippen molar-refractivity contribution in [3.8, 4) is 5.75 Å². The number of hydrogen-bond donors (Lipinski definition) is 1. The second-order valence-corrected chi connectivity index (χ2v) is 5.07. The van der Waals surface area contributed by atoms with E-state index in [-0.39, 0.29) is 12.1 Å². The van der Waals surface area contributed by atoms with Crippen molar-refractivity contribution < 1.29 is 19.0 Å². The number of ether oxygens (including phenoxy) is 3. The van der Waals surface area contributed by atoms with Crippen molar-refractivity contribution in [2.75, 3.05) is 26.1 Å². The molecule has 0 saturated carbocycles. The van der Waals surface area contributed by atoms with Crippen LogP contribution >= 0.6 is 0 Å². The molecule has 1 heterocycles. The first-order valence-corrected chi connectivity index (χ1v) is 6.72. The lowest BCUT2D eigenvalue weighted by Gasteiger charge is -2.38. The van der Waals surface area contributed by atoms with Crippen LogP contribution < -0.4 is 10.1 Å². The maximum atomic E-state index is 12.2. The minimum absolute atomic E-state index is 0.0148. The van der Waals surface area contributed by atoms with E-state index >= 15 is 0 Å². The smallest absolute Gasteiger partial charge is 0.331 e. The first-order valence-electron chi connectivity index (χ1n) is 6.72. The molecule has 0 spiro atoms. The molecule has 0 aliphatic carbocycles. The molecule has 20 heavy (non-hydrogen) atoms. The highest BCUT2D eigenvalue weighted by atomic mass is 16.5. The van der Waals surface area contributed by atoms with Gasteiger partial charge in [0.05, 0.1) is 20.3 Å². The van der Waals surface area contributed by atoms with E-state index in [1.54, 1.807) is 7.11 Å². The molecule has 2 atom stereocenters. The van der Waals surface area contributed by atoms with Gasteiger partial charge >= 0.3 is 5.97 Å². The maximum absolute atomic E-state index is 12.2. The fraction of sp³-hybridized carbons (Fsp3) is 0.533. The fourth-order valence-corrected chi connectivity index (χ4v) is 2.61. The number of anilines is 1. The third kappa shape index (κ3) is 3.04. The summed E-state index contributed by atoms with van der Waals surface area (Å²) >= 11 is 0. The van der Waals surface area contributed by atoms with Crippen LogP contribution in [0.4, 0.5) is 5.69 Å². The highest BCUT2D eigenvalue weighted by Gasteiger charge is 2.43. The summed E-state index contributed by atoms with van der Waals surface area (Å²) in [6, 6.07) is 7.52. The number of carbonyl (C=O) groups is 1. The van der Waals surface area contributed by atoms with Crippen LogP contribution in [0.3, 0.4) is 0 Å². The summed E-state index contributed by atoms with van der Waals surface area (Å²) in [7, 11) is 3.03. The third-order valence-electron chi connectivity index (χ3n) is 3.60. The number of benzene rings is 1. The Balaban J connectivity index is 2.25. The second-order valence-electron chi connectivity index (χ2n) is 5.07. The highest BCUT2D eigenvalue weighted by Crippen LogP contribution is 2.31. The van der Waals surface area contributed by atoms with Gasteiger partial charge in [0.2, 0.25) is 0 Å². The molecule has 1 N–H and O–H groups in total. The topological polar surface area (TPSA) is 56.8 Å². The molecular weight excluding hydrogens is 258 g/mol. The molecule has 1 aliphatic rings. The Bertz CT molecular complexity index is 477. The number of carbonyl (C=O) groups excluding carboxylic acids is 1. The van der Waals surface area contributed by atoms with Crippen LogP contribution in [0.1, 0.15) is 19.8 Å². The molecule has 2 unspecified atom stereocenters. The first kappa shape index (κ1) is 14.7. The summed E-state index contributed by atoms with van der Waals surface area (Å²) in [5, 5.41) is 3.32. The normalized spacial score (nSPS) is 25.9. The molecular formula is C15H21NO4. The van der Waals surface area contributed by atoms with Gasteiger partial charge in [-0.05, 0) is 19.1 Å². The minimum atomic E-state index is -0.737. The van der Waals surface area contributed by atoms with Crippen molar-refractivity contribution in [1.29, 1.82) is 0 Å². The number of hydrogen-bond acceptors (Lipinski definition) is 5. The molecule has 1 saturated heterocycles. The average Bonchev–Trinajstić information content (AvgIpc) is 2.46. The van der Waals surface area contributed by atoms with Gasteiger partial charge in [-0.15, -0.1) is 0 Å². The number of nitrogens with one attached hydrogen (secondary N) is 1. The van der Waals surface area contributed by atoms with Gasteiger partial charge in [0.1, 0.15) is 11.3 Å². The summed E-state index contributed by atoms with van der Waals surface area (Å²) < 4.78 is 15.7. The van der Waals surface area contributed by atoms with Gasteiger partial charge in [-0.2, -0.15) is 0 Å². The summed E-state index contributed by atoms with van der Waals surface area (Å²) in [6.07, 6.45) is 1.18. The van der Waals surface area contributed by atoms with E-state index in [1.807, 2.05) is 31.2 Å². The molecule has 2 rings (SSSR count). The van der Waals surface area contributed by atoms with E-state index in [9.17, 15) is 4.79 Å². The number of methoxy groups -OCH3 is 2. The molecule has 1 aromatic rings. The largest absolute Gasteiger partial charge is 0.497 e. The Labute approximate surface area is 119 Å². The van der Waals surface area contributed by atoms with Gasteiger partial charge in [0.15, 0.2) is 0 Å². The van der Waals surface area contributed by atoms with Gasteiger partial charge < -0.3 is 19.5 Å². The van der Waals surface area contributed by atoms with Gasteiger partial charge in [-0.3, -0.25) is 0 Å². The number of rotatable bonds is 4. The lowest BCUT2D eigenvalue weighted by molar-refractivity contribution is -0.151. The van der Waals surface area contributed by atoms with Crippen LogP contribution in [0.5, 0.6) is 5.75 Å². The Kier molecular flexibility index (Phi) is 4.49. The molecule has 1 aliphatic heterocycles. The van der Waals surface area contributed by atoms with Crippen LogP contribution in [-0.2, 0) is 14.3 Å². The van der Waals surface area contributed by atoms with Crippen LogP contribution in [0.15, 0.2) is 24.3 Å². The van der Waals surface area contributed by atoms with Crippen LogP contribution in [0.2, 0.25) is 0 Å². The lowest BCUT2D eigenvalue weighted by atomic mass is 9.86. The predicted octanol–water partition coefficient (Wildman–Crippen LogP) is 2.22. The van der Waals surface area contributed by atoms with Gasteiger partial charge in [0.25, 0.3) is 0 Å². The van der Waals surface area contributed by atoms with Crippen LogP contribution in [0, 0.1) is 0 Å². The summed E-state index contributed by atoms with van der Waals surface area (Å²) in [6.45, 7) is 2.50. The van der Waals surface area contributed by atoms with Crippen molar-refractivity contribution in [3.05, 3.63) is 24.3 Å². The Morgan fingerprint density at radius 2 is 2.25 bits per heavy atom. The van der Waals surface area contributed by atoms with E-state index in [4.69, 9.17) is 14.2 Å². The molecule has 0 aromatic heterocycles. The molecule has 1 aromatic carbocycles. The minimum Gasteiger partial charge on any atom is -0.497 e. The van der Waals surface area contributed by atoms with E-state index < -0.39 is 5.54 Å². The SMILES string of the molecule is COC(=O)C1(Nc2cccc(OC)c2)CCOC(C)C1. The zero-order valence-corrected chi connectivity index (χ0v) is 12.1. The van der Waals surface area contributed by atoms with Crippen molar-refractivity contribution in [2.24, 2.45) is 0 Å². The predicted molar refractivity (Wildman–Crippen MR) is 76.0 cm³/mol. The summed E-state index contributed by atoms with van der Waals surface area (Å²) in [5.74, 6) is 0.491. The molecule has 0 bridgehead atoms. The zero-order valence-electron chi connectivity index (χ0n) is 12.1. The van der Waals surface area contributed by atoms with E-state index in [1.165, 1.54) is 7.11 Å². The van der Waals surface area contributed by atoms with Crippen molar-refractivity contribution in [1.82, 2.24) is 0 Å². The van der Waals surface area contributed by atoms with Gasteiger partial charge in [-0.1, -0.05) is 6.07 Å².